The standard InChI is InChI=1S/C10H11NO3.ClH/c11-8-3-4-14-9-2-1-6(10(12)13)5-7(8)9;/h1-2,5,8H,3-4,11H2,(H,12,13);1H. The molecule has 1 atom stereocenters. The Morgan fingerprint density at radius 2 is 2.27 bits per heavy atom. The number of halogens is 1. The summed E-state index contributed by atoms with van der Waals surface area (Å²) >= 11 is 0. The molecule has 0 fully saturated rings. The summed E-state index contributed by atoms with van der Waals surface area (Å²) in [6.07, 6.45) is 0.732. The Kier molecular flexibility index (Phi) is 3.55. The molecule has 3 N–H and O–H groups in total. The van der Waals surface area contributed by atoms with Crippen LogP contribution in [0.4, 0.5) is 0 Å². The second-order valence-electron chi connectivity index (χ2n) is 3.30. The molecular weight excluding hydrogens is 218 g/mol. The molecule has 82 valence electrons. The van der Waals surface area contributed by atoms with Crippen LogP contribution in [-0.4, -0.2) is 17.7 Å². The zero-order valence-corrected chi connectivity index (χ0v) is 8.79. The highest BCUT2D eigenvalue weighted by atomic mass is 35.5. The maximum Gasteiger partial charge on any atom is 0.335 e. The summed E-state index contributed by atoms with van der Waals surface area (Å²) in [5, 5.41) is 8.79. The minimum atomic E-state index is -0.939. The first-order valence-electron chi connectivity index (χ1n) is 4.44. The van der Waals surface area contributed by atoms with E-state index in [0.717, 1.165) is 12.0 Å². The van der Waals surface area contributed by atoms with E-state index in [1.165, 1.54) is 6.07 Å². The molecular formula is C10H12ClNO3. The molecule has 0 radical (unpaired) electrons. The molecule has 0 saturated carbocycles. The second-order valence-corrected chi connectivity index (χ2v) is 3.30. The third kappa shape index (κ3) is 2.22. The van der Waals surface area contributed by atoms with Crippen LogP contribution in [0.15, 0.2) is 18.2 Å². The van der Waals surface area contributed by atoms with E-state index in [1.54, 1.807) is 12.1 Å². The molecule has 0 amide bonds. The van der Waals surface area contributed by atoms with E-state index in [0.29, 0.717) is 12.4 Å². The highest BCUT2D eigenvalue weighted by molar-refractivity contribution is 5.88. The van der Waals surface area contributed by atoms with Gasteiger partial charge in [-0.1, -0.05) is 0 Å². The summed E-state index contributed by atoms with van der Waals surface area (Å²) in [5.41, 5.74) is 6.88. The minimum absolute atomic E-state index is 0. The van der Waals surface area contributed by atoms with Crippen molar-refractivity contribution in [3.63, 3.8) is 0 Å². The van der Waals surface area contributed by atoms with Crippen molar-refractivity contribution in [2.75, 3.05) is 6.61 Å². The van der Waals surface area contributed by atoms with Crippen LogP contribution in [0, 0.1) is 0 Å². The molecule has 4 nitrogen and oxygen atoms in total. The van der Waals surface area contributed by atoms with Gasteiger partial charge in [-0.2, -0.15) is 0 Å². The third-order valence-corrected chi connectivity index (χ3v) is 2.34. The SMILES string of the molecule is Cl.NC1CCOc2ccc(C(=O)O)cc21. The largest absolute Gasteiger partial charge is 0.493 e. The monoisotopic (exact) mass is 229 g/mol. The molecule has 1 aliphatic heterocycles. The molecule has 1 unspecified atom stereocenters. The number of carbonyl (C=O) groups is 1. The van der Waals surface area contributed by atoms with Crippen LogP contribution in [0.3, 0.4) is 0 Å². The first-order chi connectivity index (χ1) is 6.68. The number of carboxylic acid groups (broad SMARTS) is 1. The van der Waals surface area contributed by atoms with Gasteiger partial charge in [-0.25, -0.2) is 4.79 Å². The van der Waals surface area contributed by atoms with Gasteiger partial charge in [-0.15, -0.1) is 12.4 Å². The number of carboxylic acids is 1. The van der Waals surface area contributed by atoms with E-state index in [9.17, 15) is 4.79 Å². The van der Waals surface area contributed by atoms with E-state index in [2.05, 4.69) is 0 Å². The summed E-state index contributed by atoms with van der Waals surface area (Å²) in [4.78, 5) is 10.7. The topological polar surface area (TPSA) is 72.5 Å². The van der Waals surface area contributed by atoms with Crippen molar-refractivity contribution in [3.8, 4) is 5.75 Å². The van der Waals surface area contributed by atoms with E-state index in [1.807, 2.05) is 0 Å². The normalized spacial score (nSPS) is 18.3. The minimum Gasteiger partial charge on any atom is -0.493 e. The van der Waals surface area contributed by atoms with E-state index in [-0.39, 0.29) is 24.0 Å². The molecule has 2 rings (SSSR count). The number of fused-ring (bicyclic) bond motifs is 1. The summed E-state index contributed by atoms with van der Waals surface area (Å²) in [5.74, 6) is -0.237. The van der Waals surface area contributed by atoms with Crippen LogP contribution in [0.2, 0.25) is 0 Å². The predicted octanol–water partition coefficient (Wildman–Crippen LogP) is 1.59. The summed E-state index contributed by atoms with van der Waals surface area (Å²) in [6, 6.07) is 4.66. The van der Waals surface area contributed by atoms with Crippen molar-refractivity contribution in [1.29, 1.82) is 0 Å². The lowest BCUT2D eigenvalue weighted by Gasteiger charge is -2.22. The number of rotatable bonds is 1. The van der Waals surface area contributed by atoms with Crippen molar-refractivity contribution in [3.05, 3.63) is 29.3 Å². The molecule has 0 aliphatic carbocycles. The Labute approximate surface area is 93.4 Å². The van der Waals surface area contributed by atoms with Crippen molar-refractivity contribution in [1.82, 2.24) is 0 Å². The Morgan fingerprint density at radius 3 is 2.93 bits per heavy atom. The van der Waals surface area contributed by atoms with E-state index < -0.39 is 5.97 Å². The Hall–Kier alpha value is -1.26. The van der Waals surface area contributed by atoms with Crippen LogP contribution in [0.5, 0.6) is 5.75 Å². The van der Waals surface area contributed by atoms with Gasteiger partial charge in [0, 0.05) is 18.0 Å². The van der Waals surface area contributed by atoms with Gasteiger partial charge >= 0.3 is 5.97 Å². The first kappa shape index (κ1) is 11.8. The smallest absolute Gasteiger partial charge is 0.335 e. The Bertz CT molecular complexity index is 381. The molecule has 0 bridgehead atoms. The number of hydrogen-bond donors (Lipinski definition) is 2. The predicted molar refractivity (Wildman–Crippen MR) is 57.7 cm³/mol. The average Bonchev–Trinajstić information content (AvgIpc) is 2.18. The second kappa shape index (κ2) is 4.51. The summed E-state index contributed by atoms with van der Waals surface area (Å²) < 4.78 is 5.36. The van der Waals surface area contributed by atoms with Crippen molar-refractivity contribution in [2.24, 2.45) is 5.73 Å². The molecule has 15 heavy (non-hydrogen) atoms. The van der Waals surface area contributed by atoms with Crippen molar-refractivity contribution >= 4 is 18.4 Å². The maximum absolute atomic E-state index is 10.7. The molecule has 0 aromatic heterocycles. The summed E-state index contributed by atoms with van der Waals surface area (Å²) in [7, 11) is 0. The Balaban J connectivity index is 0.00000112. The van der Waals surface area contributed by atoms with E-state index >= 15 is 0 Å². The molecule has 1 aromatic rings. The molecule has 1 aliphatic rings. The zero-order chi connectivity index (χ0) is 10.1. The van der Waals surface area contributed by atoms with Crippen LogP contribution in [0.1, 0.15) is 28.4 Å². The van der Waals surface area contributed by atoms with Crippen molar-refractivity contribution < 1.29 is 14.6 Å². The van der Waals surface area contributed by atoms with Gasteiger partial charge in [0.1, 0.15) is 5.75 Å². The summed E-state index contributed by atoms with van der Waals surface area (Å²) in [6.45, 7) is 0.598. The highest BCUT2D eigenvalue weighted by Crippen LogP contribution is 2.30. The molecule has 0 spiro atoms. The molecule has 1 heterocycles. The number of aromatic carboxylic acids is 1. The molecule has 1 aromatic carbocycles. The molecule has 0 saturated heterocycles. The van der Waals surface area contributed by atoms with E-state index in [4.69, 9.17) is 15.6 Å². The lowest BCUT2D eigenvalue weighted by Crippen LogP contribution is -2.21. The fraction of sp³-hybridized carbons (Fsp3) is 0.300. The maximum atomic E-state index is 10.7. The fourth-order valence-corrected chi connectivity index (χ4v) is 1.55. The molecule has 5 heteroatoms. The van der Waals surface area contributed by atoms with Crippen LogP contribution >= 0.6 is 12.4 Å². The lowest BCUT2D eigenvalue weighted by atomic mass is 9.99. The van der Waals surface area contributed by atoms with Gasteiger partial charge < -0.3 is 15.6 Å². The number of nitrogens with two attached hydrogens (primary N) is 1. The van der Waals surface area contributed by atoms with Crippen LogP contribution < -0.4 is 10.5 Å². The van der Waals surface area contributed by atoms with Gasteiger partial charge in [0.25, 0.3) is 0 Å². The number of hydrogen-bond acceptors (Lipinski definition) is 3. The number of benzene rings is 1. The van der Waals surface area contributed by atoms with Gasteiger partial charge in [0.2, 0.25) is 0 Å². The average molecular weight is 230 g/mol. The number of ether oxygens (including phenoxy) is 1. The van der Waals surface area contributed by atoms with Gasteiger partial charge in [0.15, 0.2) is 0 Å². The Morgan fingerprint density at radius 1 is 1.53 bits per heavy atom. The third-order valence-electron chi connectivity index (χ3n) is 2.34. The quantitative estimate of drug-likeness (QED) is 0.767. The van der Waals surface area contributed by atoms with Crippen molar-refractivity contribution in [2.45, 2.75) is 12.5 Å². The van der Waals surface area contributed by atoms with Crippen LogP contribution in [0.25, 0.3) is 0 Å². The van der Waals surface area contributed by atoms with Crippen LogP contribution in [-0.2, 0) is 0 Å². The van der Waals surface area contributed by atoms with Gasteiger partial charge in [-0.3, -0.25) is 0 Å². The first-order valence-corrected chi connectivity index (χ1v) is 4.44. The lowest BCUT2D eigenvalue weighted by molar-refractivity contribution is 0.0696. The fourth-order valence-electron chi connectivity index (χ4n) is 1.55. The zero-order valence-electron chi connectivity index (χ0n) is 7.97. The van der Waals surface area contributed by atoms with Gasteiger partial charge in [-0.05, 0) is 18.2 Å². The van der Waals surface area contributed by atoms with Gasteiger partial charge in [0.05, 0.1) is 12.2 Å². The highest BCUT2D eigenvalue weighted by Gasteiger charge is 2.19.